The molecule has 0 saturated carbocycles. The number of hydrogen-bond acceptors (Lipinski definition) is 5. The highest BCUT2D eigenvalue weighted by Gasteiger charge is 2.11. The number of phenols is 2. The van der Waals surface area contributed by atoms with Gasteiger partial charge in [0.15, 0.2) is 11.5 Å². The van der Waals surface area contributed by atoms with E-state index < -0.39 is 5.97 Å². The Labute approximate surface area is 126 Å². The Hall–Kier alpha value is -2.40. The van der Waals surface area contributed by atoms with E-state index in [9.17, 15) is 15.0 Å². The van der Waals surface area contributed by atoms with Crippen molar-refractivity contribution in [3.8, 4) is 11.5 Å². The molecule has 0 fully saturated rings. The molecule has 0 aromatic heterocycles. The Bertz CT molecular complexity index is 673. The molecule has 21 heavy (non-hydrogen) atoms. The zero-order chi connectivity index (χ0) is 15.4. The monoisotopic (exact) mass is 307 g/mol. The Balaban J connectivity index is 2.13. The number of rotatable bonds is 4. The van der Waals surface area contributed by atoms with Gasteiger partial charge in [-0.2, -0.15) is 0 Å². The molecule has 2 aromatic carbocycles. The summed E-state index contributed by atoms with van der Waals surface area (Å²) in [5.41, 5.74) is 1.74. The Kier molecular flexibility index (Phi) is 4.55. The Morgan fingerprint density at radius 1 is 1.19 bits per heavy atom. The van der Waals surface area contributed by atoms with Gasteiger partial charge in [-0.1, -0.05) is 17.7 Å². The lowest BCUT2D eigenvalue weighted by Gasteiger charge is -2.10. The third kappa shape index (κ3) is 3.58. The molecule has 6 heteroatoms. The van der Waals surface area contributed by atoms with Crippen molar-refractivity contribution in [2.75, 3.05) is 12.4 Å². The average molecular weight is 308 g/mol. The second-order valence-corrected chi connectivity index (χ2v) is 4.77. The third-order valence-corrected chi connectivity index (χ3v) is 3.24. The maximum Gasteiger partial charge on any atom is 0.339 e. The number of phenolic OH excluding ortho intramolecular Hbond substituents is 2. The molecule has 2 aromatic rings. The molecule has 0 atom stereocenters. The van der Waals surface area contributed by atoms with E-state index in [1.165, 1.54) is 19.2 Å². The van der Waals surface area contributed by atoms with Crippen molar-refractivity contribution in [1.29, 1.82) is 0 Å². The van der Waals surface area contributed by atoms with Crippen LogP contribution in [0.3, 0.4) is 0 Å². The first-order chi connectivity index (χ1) is 10.0. The minimum absolute atomic E-state index is 0.168. The van der Waals surface area contributed by atoms with Crippen LogP contribution in [0.4, 0.5) is 5.69 Å². The van der Waals surface area contributed by atoms with Crippen LogP contribution < -0.4 is 5.32 Å². The van der Waals surface area contributed by atoms with Crippen LogP contribution in [0.2, 0.25) is 5.02 Å². The number of carbonyl (C=O) groups is 1. The minimum Gasteiger partial charge on any atom is -0.504 e. The average Bonchev–Trinajstić information content (AvgIpc) is 2.49. The van der Waals surface area contributed by atoms with E-state index in [2.05, 4.69) is 10.1 Å². The van der Waals surface area contributed by atoms with Crippen LogP contribution in [0, 0.1) is 0 Å². The quantitative estimate of drug-likeness (QED) is 0.597. The van der Waals surface area contributed by atoms with Crippen LogP contribution in [0.15, 0.2) is 36.4 Å². The number of benzene rings is 2. The molecule has 5 nitrogen and oxygen atoms in total. The number of ether oxygens (including phenoxy) is 1. The number of nitrogens with one attached hydrogen (secondary N) is 1. The fraction of sp³-hybridized carbons (Fsp3) is 0.133. The van der Waals surface area contributed by atoms with Gasteiger partial charge < -0.3 is 20.3 Å². The molecule has 0 aliphatic carbocycles. The summed E-state index contributed by atoms with van der Waals surface area (Å²) in [6.45, 7) is 0.413. The fourth-order valence-corrected chi connectivity index (χ4v) is 1.98. The molecule has 0 heterocycles. The molecule has 0 aliphatic heterocycles. The standard InChI is InChI=1S/C15H14ClNO4/c1-21-15(20)11-7-10(3-4-12(11)16)17-8-9-2-5-13(18)14(19)6-9/h2-7,17-19H,8H2,1H3. The van der Waals surface area contributed by atoms with Crippen molar-refractivity contribution in [2.45, 2.75) is 6.54 Å². The van der Waals surface area contributed by atoms with E-state index in [-0.39, 0.29) is 17.1 Å². The van der Waals surface area contributed by atoms with Gasteiger partial charge in [-0.05, 0) is 35.9 Å². The summed E-state index contributed by atoms with van der Waals surface area (Å²) in [5, 5.41) is 22.1. The minimum atomic E-state index is -0.508. The van der Waals surface area contributed by atoms with E-state index in [4.69, 9.17) is 11.6 Å². The first-order valence-electron chi connectivity index (χ1n) is 6.14. The number of hydrogen-bond donors (Lipinski definition) is 3. The number of carbonyl (C=O) groups excluding carboxylic acids is 1. The highest BCUT2D eigenvalue weighted by atomic mass is 35.5. The largest absolute Gasteiger partial charge is 0.504 e. The number of methoxy groups -OCH3 is 1. The van der Waals surface area contributed by atoms with Gasteiger partial charge in [-0.15, -0.1) is 0 Å². The summed E-state index contributed by atoms with van der Waals surface area (Å²) in [5.74, 6) is -0.857. The van der Waals surface area contributed by atoms with Crippen molar-refractivity contribution >= 4 is 23.3 Å². The SMILES string of the molecule is COC(=O)c1cc(NCc2ccc(O)c(O)c2)ccc1Cl. The molecule has 0 bridgehead atoms. The molecule has 3 N–H and O–H groups in total. The van der Waals surface area contributed by atoms with E-state index in [1.807, 2.05) is 0 Å². The van der Waals surface area contributed by atoms with Crippen LogP contribution in [0.5, 0.6) is 11.5 Å². The summed E-state index contributed by atoms with van der Waals surface area (Å²) >= 11 is 5.94. The lowest BCUT2D eigenvalue weighted by Crippen LogP contribution is -2.05. The molecule has 0 radical (unpaired) electrons. The zero-order valence-corrected chi connectivity index (χ0v) is 12.0. The van der Waals surface area contributed by atoms with E-state index in [1.54, 1.807) is 24.3 Å². The molecule has 0 saturated heterocycles. The van der Waals surface area contributed by atoms with E-state index in [0.29, 0.717) is 17.3 Å². The highest BCUT2D eigenvalue weighted by molar-refractivity contribution is 6.33. The number of aromatic hydroxyl groups is 2. The smallest absolute Gasteiger partial charge is 0.339 e. The molecular weight excluding hydrogens is 294 g/mol. The van der Waals surface area contributed by atoms with Crippen molar-refractivity contribution < 1.29 is 19.7 Å². The van der Waals surface area contributed by atoms with Crippen LogP contribution in [-0.4, -0.2) is 23.3 Å². The summed E-state index contributed by atoms with van der Waals surface area (Å²) in [7, 11) is 1.29. The fourth-order valence-electron chi connectivity index (χ4n) is 1.78. The van der Waals surface area contributed by atoms with Gasteiger partial charge in [-0.3, -0.25) is 0 Å². The van der Waals surface area contributed by atoms with Gasteiger partial charge in [0.1, 0.15) is 0 Å². The van der Waals surface area contributed by atoms with Crippen molar-refractivity contribution in [3.63, 3.8) is 0 Å². The predicted molar refractivity (Wildman–Crippen MR) is 79.9 cm³/mol. The molecule has 0 aliphatic rings. The van der Waals surface area contributed by atoms with E-state index in [0.717, 1.165) is 5.56 Å². The maximum absolute atomic E-state index is 11.5. The normalized spacial score (nSPS) is 10.2. The zero-order valence-electron chi connectivity index (χ0n) is 11.3. The summed E-state index contributed by atoms with van der Waals surface area (Å²) in [6, 6.07) is 9.47. The van der Waals surface area contributed by atoms with Gasteiger partial charge in [0.2, 0.25) is 0 Å². The van der Waals surface area contributed by atoms with Crippen LogP contribution in [-0.2, 0) is 11.3 Å². The molecule has 0 spiro atoms. The number of halogens is 1. The molecule has 2 rings (SSSR count). The molecule has 110 valence electrons. The first kappa shape index (κ1) is 15.0. The van der Waals surface area contributed by atoms with Crippen molar-refractivity contribution in [1.82, 2.24) is 0 Å². The maximum atomic E-state index is 11.5. The Morgan fingerprint density at radius 3 is 2.62 bits per heavy atom. The van der Waals surface area contributed by atoms with Crippen LogP contribution in [0.1, 0.15) is 15.9 Å². The number of anilines is 1. The van der Waals surface area contributed by atoms with Crippen LogP contribution in [0.25, 0.3) is 0 Å². The van der Waals surface area contributed by atoms with Gasteiger partial charge in [0.05, 0.1) is 17.7 Å². The lowest BCUT2D eigenvalue weighted by atomic mass is 10.1. The highest BCUT2D eigenvalue weighted by Crippen LogP contribution is 2.26. The van der Waals surface area contributed by atoms with Gasteiger partial charge in [-0.25, -0.2) is 4.79 Å². The van der Waals surface area contributed by atoms with Gasteiger partial charge in [0.25, 0.3) is 0 Å². The third-order valence-electron chi connectivity index (χ3n) is 2.91. The Morgan fingerprint density at radius 2 is 1.95 bits per heavy atom. The van der Waals surface area contributed by atoms with Crippen molar-refractivity contribution in [2.24, 2.45) is 0 Å². The van der Waals surface area contributed by atoms with E-state index >= 15 is 0 Å². The summed E-state index contributed by atoms with van der Waals surface area (Å²) < 4.78 is 4.65. The van der Waals surface area contributed by atoms with Gasteiger partial charge >= 0.3 is 5.97 Å². The molecular formula is C15H14ClNO4. The van der Waals surface area contributed by atoms with Crippen LogP contribution >= 0.6 is 11.6 Å². The summed E-state index contributed by atoms with van der Waals surface area (Å²) in [4.78, 5) is 11.5. The second-order valence-electron chi connectivity index (χ2n) is 4.36. The molecule has 0 amide bonds. The molecule has 0 unspecified atom stereocenters. The first-order valence-corrected chi connectivity index (χ1v) is 6.51. The lowest BCUT2D eigenvalue weighted by molar-refractivity contribution is 0.0601. The summed E-state index contributed by atoms with van der Waals surface area (Å²) in [6.07, 6.45) is 0. The van der Waals surface area contributed by atoms with Gasteiger partial charge in [0, 0.05) is 12.2 Å². The predicted octanol–water partition coefficient (Wildman–Crippen LogP) is 3.15. The number of esters is 1. The second kappa shape index (κ2) is 6.37. The van der Waals surface area contributed by atoms with Crippen molar-refractivity contribution in [3.05, 3.63) is 52.5 Å². The topological polar surface area (TPSA) is 78.8 Å².